The summed E-state index contributed by atoms with van der Waals surface area (Å²) in [6.07, 6.45) is 2.19. The second kappa shape index (κ2) is 2.89. The van der Waals surface area contributed by atoms with Gasteiger partial charge >= 0.3 is 0 Å². The Morgan fingerprint density at radius 1 is 1.55 bits per heavy atom. The lowest BCUT2D eigenvalue weighted by Crippen LogP contribution is -2.07. The quantitative estimate of drug-likeness (QED) is 0.651. The van der Waals surface area contributed by atoms with Crippen LogP contribution in [0.4, 0.5) is 0 Å². The summed E-state index contributed by atoms with van der Waals surface area (Å²) in [6.45, 7) is 1.94. The Morgan fingerprint density at radius 2 is 2.45 bits per heavy atom. The van der Waals surface area contributed by atoms with Gasteiger partial charge in [0.1, 0.15) is 0 Å². The van der Waals surface area contributed by atoms with E-state index < -0.39 is 0 Å². The Kier molecular flexibility index (Phi) is 1.89. The summed E-state index contributed by atoms with van der Waals surface area (Å²) in [5.41, 5.74) is 2.50. The largest absolute Gasteiger partial charge is 0.337 e. The molecule has 0 aromatic carbocycles. The van der Waals surface area contributed by atoms with Crippen molar-refractivity contribution < 1.29 is 0 Å². The molecular formula is C7H8N2S2. The van der Waals surface area contributed by atoms with Crippen molar-refractivity contribution >= 4 is 29.1 Å². The highest BCUT2D eigenvalue weighted by atomic mass is 32.1. The summed E-state index contributed by atoms with van der Waals surface area (Å²) in [6, 6.07) is 0. The molecule has 0 saturated heterocycles. The first kappa shape index (κ1) is 7.21. The number of H-pyrrole nitrogens is 1. The van der Waals surface area contributed by atoms with E-state index in [1.807, 2.05) is 0 Å². The van der Waals surface area contributed by atoms with Gasteiger partial charge in [0.25, 0.3) is 0 Å². The van der Waals surface area contributed by atoms with E-state index in [0.717, 1.165) is 17.0 Å². The first-order chi connectivity index (χ1) is 5.36. The van der Waals surface area contributed by atoms with Crippen molar-refractivity contribution in [3.8, 4) is 0 Å². The van der Waals surface area contributed by atoms with E-state index >= 15 is 0 Å². The Balaban J connectivity index is 2.35. The molecule has 0 amide bonds. The molecule has 1 aliphatic heterocycles. The van der Waals surface area contributed by atoms with E-state index in [1.165, 1.54) is 11.3 Å². The van der Waals surface area contributed by atoms with Crippen LogP contribution in [-0.2, 0) is 0 Å². The normalized spacial score (nSPS) is 16.9. The van der Waals surface area contributed by atoms with Crippen molar-refractivity contribution in [1.29, 1.82) is 0 Å². The molecule has 0 aliphatic carbocycles. The molecule has 0 radical (unpaired) electrons. The number of nitrogens with one attached hydrogen (secondary N) is 2. The smallest absolute Gasteiger partial charge is 0.158 e. The number of hydrogen-bond donors (Lipinski definition) is 2. The maximum atomic E-state index is 4.98. The standard InChI is InChI=1S/C7H8N2S2/c10-7-9-6(4-11-7)5-1-2-8-3-5/h1,4,8H,2-3H2,(H,9,10). The molecule has 0 bridgehead atoms. The Morgan fingerprint density at radius 3 is 3.00 bits per heavy atom. The third kappa shape index (κ3) is 1.42. The van der Waals surface area contributed by atoms with Crippen LogP contribution in [0, 0.1) is 3.95 Å². The zero-order valence-corrected chi connectivity index (χ0v) is 7.52. The first-order valence-corrected chi connectivity index (χ1v) is 4.73. The van der Waals surface area contributed by atoms with Crippen LogP contribution in [-0.4, -0.2) is 18.1 Å². The van der Waals surface area contributed by atoms with Crippen LogP contribution in [0.25, 0.3) is 5.57 Å². The van der Waals surface area contributed by atoms with Crippen LogP contribution in [0.3, 0.4) is 0 Å². The van der Waals surface area contributed by atoms with Gasteiger partial charge in [-0.05, 0) is 17.8 Å². The van der Waals surface area contributed by atoms with Gasteiger partial charge in [-0.3, -0.25) is 0 Å². The Hall–Kier alpha value is -0.450. The highest BCUT2D eigenvalue weighted by molar-refractivity contribution is 7.73. The zero-order chi connectivity index (χ0) is 7.68. The molecular weight excluding hydrogens is 176 g/mol. The highest BCUT2D eigenvalue weighted by Crippen LogP contribution is 2.16. The molecule has 0 saturated carbocycles. The molecule has 58 valence electrons. The molecule has 4 heteroatoms. The first-order valence-electron chi connectivity index (χ1n) is 3.44. The molecule has 2 nitrogen and oxygen atoms in total. The number of thiazole rings is 1. The molecule has 0 spiro atoms. The average Bonchev–Trinajstić information content (AvgIpc) is 2.55. The van der Waals surface area contributed by atoms with Crippen LogP contribution >= 0.6 is 23.6 Å². The van der Waals surface area contributed by atoms with Crippen molar-refractivity contribution in [3.63, 3.8) is 0 Å². The Bertz CT molecular complexity index is 334. The van der Waals surface area contributed by atoms with Gasteiger partial charge in [0.15, 0.2) is 3.95 Å². The highest BCUT2D eigenvalue weighted by Gasteiger charge is 2.06. The SMILES string of the molecule is S=c1[nH]c(C2=CCNC2)cs1. The molecule has 0 fully saturated rings. The summed E-state index contributed by atoms with van der Waals surface area (Å²) >= 11 is 6.57. The van der Waals surface area contributed by atoms with Crippen molar-refractivity contribution in [1.82, 2.24) is 10.3 Å². The van der Waals surface area contributed by atoms with Crippen molar-refractivity contribution in [3.05, 3.63) is 21.1 Å². The van der Waals surface area contributed by atoms with Gasteiger partial charge in [0.05, 0.1) is 5.69 Å². The lowest BCUT2D eigenvalue weighted by atomic mass is 10.2. The van der Waals surface area contributed by atoms with Crippen molar-refractivity contribution in [2.24, 2.45) is 0 Å². The maximum Gasteiger partial charge on any atom is 0.158 e. The molecule has 2 heterocycles. The van der Waals surface area contributed by atoms with Crippen LogP contribution < -0.4 is 5.32 Å². The van der Waals surface area contributed by atoms with Crippen molar-refractivity contribution in [2.75, 3.05) is 13.1 Å². The third-order valence-electron chi connectivity index (χ3n) is 1.67. The summed E-state index contributed by atoms with van der Waals surface area (Å²) in [5, 5.41) is 5.31. The van der Waals surface area contributed by atoms with Gasteiger partial charge in [0, 0.05) is 18.5 Å². The summed E-state index contributed by atoms with van der Waals surface area (Å²) in [5.74, 6) is 0. The molecule has 0 atom stereocenters. The molecule has 1 aliphatic rings. The van der Waals surface area contributed by atoms with E-state index in [2.05, 4.69) is 21.8 Å². The second-order valence-corrected chi connectivity index (χ2v) is 3.97. The fraction of sp³-hybridized carbons (Fsp3) is 0.286. The summed E-state index contributed by atoms with van der Waals surface area (Å²) in [4.78, 5) is 3.14. The molecule has 1 aromatic rings. The van der Waals surface area contributed by atoms with E-state index in [9.17, 15) is 0 Å². The van der Waals surface area contributed by atoms with Crippen LogP contribution in [0.2, 0.25) is 0 Å². The van der Waals surface area contributed by atoms with E-state index in [4.69, 9.17) is 12.2 Å². The van der Waals surface area contributed by atoms with E-state index in [0.29, 0.717) is 0 Å². The molecule has 11 heavy (non-hydrogen) atoms. The second-order valence-electron chi connectivity index (χ2n) is 2.42. The van der Waals surface area contributed by atoms with E-state index in [1.54, 1.807) is 11.3 Å². The van der Waals surface area contributed by atoms with Gasteiger partial charge in [-0.15, -0.1) is 11.3 Å². The average molecular weight is 184 g/mol. The minimum atomic E-state index is 0.854. The fourth-order valence-corrected chi connectivity index (χ4v) is 1.98. The monoisotopic (exact) mass is 184 g/mol. The fourth-order valence-electron chi connectivity index (χ4n) is 1.12. The topological polar surface area (TPSA) is 27.8 Å². The summed E-state index contributed by atoms with van der Waals surface area (Å²) < 4.78 is 0.854. The van der Waals surface area contributed by atoms with E-state index in [-0.39, 0.29) is 0 Å². The molecule has 1 aromatic heterocycles. The maximum absolute atomic E-state index is 4.98. The molecule has 2 N–H and O–H groups in total. The minimum Gasteiger partial charge on any atom is -0.337 e. The lowest BCUT2D eigenvalue weighted by molar-refractivity contribution is 0.896. The minimum absolute atomic E-state index is 0.854. The van der Waals surface area contributed by atoms with Gasteiger partial charge in [-0.1, -0.05) is 6.08 Å². The van der Waals surface area contributed by atoms with Crippen LogP contribution in [0.1, 0.15) is 5.69 Å². The third-order valence-corrected chi connectivity index (χ3v) is 2.74. The molecule has 0 unspecified atom stereocenters. The molecule has 2 rings (SSSR count). The van der Waals surface area contributed by atoms with Crippen LogP contribution in [0.15, 0.2) is 11.5 Å². The Labute approximate surface area is 74.0 Å². The van der Waals surface area contributed by atoms with Crippen LogP contribution in [0.5, 0.6) is 0 Å². The zero-order valence-electron chi connectivity index (χ0n) is 5.89. The van der Waals surface area contributed by atoms with Gasteiger partial charge < -0.3 is 10.3 Å². The number of hydrogen-bond acceptors (Lipinski definition) is 3. The van der Waals surface area contributed by atoms with Gasteiger partial charge in [-0.2, -0.15) is 0 Å². The summed E-state index contributed by atoms with van der Waals surface area (Å²) in [7, 11) is 0. The number of aromatic amines is 1. The predicted octanol–water partition coefficient (Wildman–Crippen LogP) is 1.79. The lowest BCUT2D eigenvalue weighted by Gasteiger charge is -1.94. The number of aromatic nitrogens is 1. The predicted molar refractivity (Wildman–Crippen MR) is 50.4 cm³/mol. The van der Waals surface area contributed by atoms with Gasteiger partial charge in [0.2, 0.25) is 0 Å². The number of rotatable bonds is 1. The van der Waals surface area contributed by atoms with Crippen molar-refractivity contribution in [2.45, 2.75) is 0 Å². The van der Waals surface area contributed by atoms with Gasteiger partial charge in [-0.25, -0.2) is 0 Å².